The monoisotopic (exact) mass is 325 g/mol. The van der Waals surface area contributed by atoms with Gasteiger partial charge in [0.2, 0.25) is 0 Å². The SMILES string of the molecule is CCNOc1nc(NC2CCC(NC)CC2)c(F)cc1C(N)=O. The smallest absolute Gasteiger partial charge is 0.254 e. The number of hydrogen-bond acceptors (Lipinski definition) is 6. The van der Waals surface area contributed by atoms with Gasteiger partial charge in [-0.15, -0.1) is 0 Å². The van der Waals surface area contributed by atoms with Crippen molar-refractivity contribution < 1.29 is 14.0 Å². The number of carbonyl (C=O) groups excluding carboxylic acids is 1. The number of hydroxylamine groups is 1. The lowest BCUT2D eigenvalue weighted by Crippen LogP contribution is -2.35. The van der Waals surface area contributed by atoms with E-state index in [1.165, 1.54) is 0 Å². The van der Waals surface area contributed by atoms with Gasteiger partial charge in [0.15, 0.2) is 11.6 Å². The highest BCUT2D eigenvalue weighted by molar-refractivity contribution is 5.95. The van der Waals surface area contributed by atoms with Gasteiger partial charge in [0.05, 0.1) is 0 Å². The van der Waals surface area contributed by atoms with Crippen molar-refractivity contribution in [3.05, 3.63) is 17.4 Å². The van der Waals surface area contributed by atoms with E-state index < -0.39 is 11.7 Å². The van der Waals surface area contributed by atoms with Crippen LogP contribution >= 0.6 is 0 Å². The maximum atomic E-state index is 14.2. The highest BCUT2D eigenvalue weighted by Gasteiger charge is 2.23. The van der Waals surface area contributed by atoms with Crippen molar-refractivity contribution in [3.63, 3.8) is 0 Å². The van der Waals surface area contributed by atoms with E-state index in [1.807, 2.05) is 14.0 Å². The molecule has 1 heterocycles. The summed E-state index contributed by atoms with van der Waals surface area (Å²) in [6.07, 6.45) is 3.90. The third-order valence-electron chi connectivity index (χ3n) is 4.00. The first kappa shape index (κ1) is 17.4. The molecule has 1 aliphatic rings. The average molecular weight is 325 g/mol. The van der Waals surface area contributed by atoms with E-state index >= 15 is 0 Å². The van der Waals surface area contributed by atoms with Gasteiger partial charge in [-0.2, -0.15) is 10.5 Å². The number of rotatable bonds is 7. The number of aromatic nitrogens is 1. The van der Waals surface area contributed by atoms with Crippen LogP contribution < -0.4 is 26.7 Å². The van der Waals surface area contributed by atoms with Crippen LogP contribution in [0.2, 0.25) is 0 Å². The van der Waals surface area contributed by atoms with Crippen LogP contribution in [0.4, 0.5) is 10.2 Å². The van der Waals surface area contributed by atoms with Crippen LogP contribution in [0, 0.1) is 5.82 Å². The van der Waals surface area contributed by atoms with Crippen LogP contribution in [0.1, 0.15) is 43.0 Å². The molecule has 0 saturated heterocycles. The Labute approximate surface area is 135 Å². The molecule has 1 amide bonds. The second kappa shape index (κ2) is 8.07. The zero-order valence-corrected chi connectivity index (χ0v) is 13.5. The fraction of sp³-hybridized carbons (Fsp3) is 0.600. The Morgan fingerprint density at radius 3 is 2.61 bits per heavy atom. The second-order valence-corrected chi connectivity index (χ2v) is 5.62. The summed E-state index contributed by atoms with van der Waals surface area (Å²) in [5.41, 5.74) is 7.74. The lowest BCUT2D eigenvalue weighted by atomic mass is 9.91. The number of amides is 1. The summed E-state index contributed by atoms with van der Waals surface area (Å²) in [5.74, 6) is -1.34. The van der Waals surface area contributed by atoms with Gasteiger partial charge in [-0.3, -0.25) is 4.79 Å². The first-order valence-electron chi connectivity index (χ1n) is 7.89. The molecular formula is C15H24FN5O2. The first-order chi connectivity index (χ1) is 11.0. The van der Waals surface area contributed by atoms with Crippen LogP contribution in [0.3, 0.4) is 0 Å². The van der Waals surface area contributed by atoms with Crippen molar-refractivity contribution in [2.45, 2.75) is 44.7 Å². The number of hydrogen-bond donors (Lipinski definition) is 4. The van der Waals surface area contributed by atoms with Gasteiger partial charge in [0, 0.05) is 18.6 Å². The number of primary amides is 1. The van der Waals surface area contributed by atoms with E-state index in [2.05, 4.69) is 21.1 Å². The Morgan fingerprint density at radius 2 is 2.04 bits per heavy atom. The van der Waals surface area contributed by atoms with Crippen LogP contribution in [0.15, 0.2) is 6.07 Å². The zero-order chi connectivity index (χ0) is 16.8. The molecule has 0 bridgehead atoms. The van der Waals surface area contributed by atoms with Crippen molar-refractivity contribution in [1.82, 2.24) is 15.8 Å². The standard InChI is InChI=1S/C15H24FN5O2/c1-3-19-23-15-11(13(17)22)8-12(16)14(21-15)20-10-6-4-9(18-2)5-7-10/h8-10,18-19H,3-7H2,1-2H3,(H2,17,22)(H,20,21). The van der Waals surface area contributed by atoms with Crippen molar-refractivity contribution in [2.75, 3.05) is 18.9 Å². The normalized spacial score (nSPS) is 21.0. The molecule has 23 heavy (non-hydrogen) atoms. The summed E-state index contributed by atoms with van der Waals surface area (Å²) in [6, 6.07) is 1.72. The summed E-state index contributed by atoms with van der Waals surface area (Å²) in [4.78, 5) is 20.7. The fourth-order valence-electron chi connectivity index (χ4n) is 2.69. The largest absolute Gasteiger partial charge is 0.387 e. The minimum absolute atomic E-state index is 0.0211. The molecule has 8 heteroatoms. The third kappa shape index (κ3) is 4.52. The maximum Gasteiger partial charge on any atom is 0.254 e. The Morgan fingerprint density at radius 1 is 1.39 bits per heavy atom. The zero-order valence-electron chi connectivity index (χ0n) is 13.5. The molecule has 0 spiro atoms. The molecule has 0 atom stereocenters. The van der Waals surface area contributed by atoms with Crippen molar-refractivity contribution in [1.29, 1.82) is 0 Å². The summed E-state index contributed by atoms with van der Waals surface area (Å²) in [5, 5.41) is 6.36. The summed E-state index contributed by atoms with van der Waals surface area (Å²) >= 11 is 0. The van der Waals surface area contributed by atoms with Gasteiger partial charge in [0.25, 0.3) is 11.8 Å². The van der Waals surface area contributed by atoms with Crippen molar-refractivity contribution in [2.24, 2.45) is 5.73 Å². The van der Waals surface area contributed by atoms with Crippen LogP contribution in [-0.4, -0.2) is 36.6 Å². The molecule has 1 saturated carbocycles. The Balaban J connectivity index is 2.13. The Bertz CT molecular complexity index is 547. The fourth-order valence-corrected chi connectivity index (χ4v) is 2.69. The molecule has 0 radical (unpaired) electrons. The van der Waals surface area contributed by atoms with E-state index in [4.69, 9.17) is 10.6 Å². The highest BCUT2D eigenvalue weighted by atomic mass is 19.1. The molecule has 1 aromatic heterocycles. The predicted octanol–water partition coefficient (Wildman–Crippen LogP) is 1.17. The average Bonchev–Trinajstić information content (AvgIpc) is 2.55. The molecule has 128 valence electrons. The van der Waals surface area contributed by atoms with Crippen LogP contribution in [0.5, 0.6) is 5.88 Å². The van der Waals surface area contributed by atoms with Gasteiger partial charge in [-0.25, -0.2) is 4.39 Å². The molecule has 1 fully saturated rings. The van der Waals surface area contributed by atoms with Gasteiger partial charge >= 0.3 is 0 Å². The second-order valence-electron chi connectivity index (χ2n) is 5.62. The Hall–Kier alpha value is -1.93. The molecule has 5 N–H and O–H groups in total. The summed E-state index contributed by atoms with van der Waals surface area (Å²) in [6.45, 7) is 2.33. The van der Waals surface area contributed by atoms with E-state index in [0.717, 1.165) is 31.7 Å². The molecule has 7 nitrogen and oxygen atoms in total. The Kier molecular flexibility index (Phi) is 6.12. The molecule has 0 aromatic carbocycles. The number of anilines is 1. The van der Waals surface area contributed by atoms with Gasteiger partial charge in [-0.05, 0) is 45.7 Å². The first-order valence-corrected chi connectivity index (χ1v) is 7.89. The van der Waals surface area contributed by atoms with Crippen LogP contribution in [0.25, 0.3) is 0 Å². The molecular weight excluding hydrogens is 301 g/mol. The lowest BCUT2D eigenvalue weighted by Gasteiger charge is -2.29. The molecule has 0 unspecified atom stereocenters. The summed E-state index contributed by atoms with van der Waals surface area (Å²) < 4.78 is 14.2. The molecule has 1 aliphatic carbocycles. The minimum atomic E-state index is -0.787. The van der Waals surface area contributed by atoms with Crippen molar-refractivity contribution in [3.8, 4) is 5.88 Å². The quantitative estimate of drug-likeness (QED) is 0.561. The van der Waals surface area contributed by atoms with Gasteiger partial charge < -0.3 is 21.2 Å². The van der Waals surface area contributed by atoms with E-state index in [9.17, 15) is 9.18 Å². The molecule has 2 rings (SSSR count). The number of carbonyl (C=O) groups is 1. The van der Waals surface area contributed by atoms with Crippen molar-refractivity contribution >= 4 is 11.7 Å². The van der Waals surface area contributed by atoms with Crippen LogP contribution in [-0.2, 0) is 0 Å². The molecule has 0 aliphatic heterocycles. The lowest BCUT2D eigenvalue weighted by molar-refractivity contribution is 0.0989. The summed E-state index contributed by atoms with van der Waals surface area (Å²) in [7, 11) is 1.95. The number of pyridine rings is 1. The number of halogens is 1. The number of nitrogens with two attached hydrogens (primary N) is 1. The number of nitrogens with one attached hydrogen (secondary N) is 3. The predicted molar refractivity (Wildman–Crippen MR) is 85.7 cm³/mol. The van der Waals surface area contributed by atoms with E-state index in [0.29, 0.717) is 12.6 Å². The third-order valence-corrected chi connectivity index (χ3v) is 4.00. The highest BCUT2D eigenvalue weighted by Crippen LogP contribution is 2.26. The minimum Gasteiger partial charge on any atom is -0.387 e. The topological polar surface area (TPSA) is 101 Å². The maximum absolute atomic E-state index is 14.2. The van der Waals surface area contributed by atoms with E-state index in [1.54, 1.807) is 0 Å². The van der Waals surface area contributed by atoms with E-state index in [-0.39, 0.29) is 23.3 Å². The van der Waals surface area contributed by atoms with Gasteiger partial charge in [-0.1, -0.05) is 0 Å². The number of nitrogens with zero attached hydrogens (tertiary/aromatic N) is 1. The van der Waals surface area contributed by atoms with Gasteiger partial charge in [0.1, 0.15) is 5.56 Å². The molecule has 1 aromatic rings.